The Kier molecular flexibility index (Phi) is 3.48. The van der Waals surface area contributed by atoms with E-state index in [0.717, 1.165) is 0 Å². The molecule has 0 aliphatic carbocycles. The number of halogens is 4. The number of hydrogen-bond acceptors (Lipinski definition) is 2. The molecule has 0 saturated carbocycles. The van der Waals surface area contributed by atoms with E-state index in [1.54, 1.807) is 22.6 Å². The van der Waals surface area contributed by atoms with Crippen LogP contribution in [0.4, 0.5) is 13.2 Å². The van der Waals surface area contributed by atoms with Gasteiger partial charge in [-0.3, -0.25) is 0 Å². The highest BCUT2D eigenvalue weighted by Crippen LogP contribution is 2.27. The lowest BCUT2D eigenvalue weighted by molar-refractivity contribution is 0.143. The second-order valence-corrected chi connectivity index (χ2v) is 3.46. The molecule has 0 aliphatic rings. The number of nitrogens with zero attached hydrogens (tertiary/aromatic N) is 1. The summed E-state index contributed by atoms with van der Waals surface area (Å²) in [4.78, 5) is 3.20. The number of pyridine rings is 1. The molecule has 0 atom stereocenters. The van der Waals surface area contributed by atoms with Crippen LogP contribution in [0, 0.1) is 9.52 Å². The predicted octanol–water partition coefficient (Wildman–Crippen LogP) is 2.22. The Labute approximate surface area is 86.5 Å². The van der Waals surface area contributed by atoms with E-state index in [-0.39, 0.29) is 12.1 Å². The van der Waals surface area contributed by atoms with Crippen molar-refractivity contribution < 1.29 is 13.2 Å². The second kappa shape index (κ2) is 4.23. The number of alkyl halides is 2. The molecule has 0 saturated heterocycles. The summed E-state index contributed by atoms with van der Waals surface area (Å²) >= 11 is 1.79. The molecule has 0 aromatic carbocycles. The molecule has 1 heterocycles. The summed E-state index contributed by atoms with van der Waals surface area (Å²) < 4.78 is 37.9. The zero-order chi connectivity index (χ0) is 10.0. The lowest BCUT2D eigenvalue weighted by Crippen LogP contribution is -2.08. The maximum Gasteiger partial charge on any atom is 0.268 e. The second-order valence-electron chi connectivity index (χ2n) is 2.29. The first-order valence-electron chi connectivity index (χ1n) is 3.39. The molecule has 2 nitrogen and oxygen atoms in total. The van der Waals surface area contributed by atoms with E-state index in [1.807, 2.05) is 0 Å². The molecule has 0 radical (unpaired) electrons. The van der Waals surface area contributed by atoms with Gasteiger partial charge in [-0.2, -0.15) is 4.39 Å². The van der Waals surface area contributed by atoms with Crippen LogP contribution in [0.3, 0.4) is 0 Å². The van der Waals surface area contributed by atoms with E-state index in [2.05, 4.69) is 4.98 Å². The van der Waals surface area contributed by atoms with Gasteiger partial charge in [0.25, 0.3) is 6.43 Å². The van der Waals surface area contributed by atoms with Crippen LogP contribution in [0.2, 0.25) is 0 Å². The van der Waals surface area contributed by atoms with Gasteiger partial charge >= 0.3 is 0 Å². The standard InChI is InChI=1S/C7H6F3IN2/c8-6(9)5-3(1-12)4(11)2-13-7(5)10/h2,6H,1,12H2. The quantitative estimate of drug-likeness (QED) is 0.672. The summed E-state index contributed by atoms with van der Waals surface area (Å²) in [5, 5.41) is 0. The highest BCUT2D eigenvalue weighted by Gasteiger charge is 2.20. The molecule has 0 spiro atoms. The topological polar surface area (TPSA) is 38.9 Å². The van der Waals surface area contributed by atoms with Crippen molar-refractivity contribution in [2.45, 2.75) is 13.0 Å². The van der Waals surface area contributed by atoms with Gasteiger partial charge in [0.15, 0.2) is 0 Å². The van der Waals surface area contributed by atoms with Crippen molar-refractivity contribution in [3.8, 4) is 0 Å². The lowest BCUT2D eigenvalue weighted by Gasteiger charge is -2.08. The van der Waals surface area contributed by atoms with Crippen LogP contribution in [0.5, 0.6) is 0 Å². The predicted molar refractivity (Wildman–Crippen MR) is 49.8 cm³/mol. The summed E-state index contributed by atoms with van der Waals surface area (Å²) in [5.41, 5.74) is 4.67. The van der Waals surface area contributed by atoms with Crippen LogP contribution < -0.4 is 5.73 Å². The van der Waals surface area contributed by atoms with Crippen LogP contribution >= 0.6 is 22.6 Å². The fourth-order valence-corrected chi connectivity index (χ4v) is 1.59. The van der Waals surface area contributed by atoms with Gasteiger partial charge < -0.3 is 5.73 Å². The van der Waals surface area contributed by atoms with Gasteiger partial charge in [-0.1, -0.05) is 0 Å². The highest BCUT2D eigenvalue weighted by molar-refractivity contribution is 14.1. The SMILES string of the molecule is NCc1c(I)cnc(F)c1C(F)F. The highest BCUT2D eigenvalue weighted by atomic mass is 127. The first kappa shape index (κ1) is 10.7. The molecule has 0 fully saturated rings. The maximum atomic E-state index is 12.8. The van der Waals surface area contributed by atoms with Crippen LogP contribution in [0.15, 0.2) is 6.20 Å². The molecule has 0 bridgehead atoms. The van der Waals surface area contributed by atoms with Crippen molar-refractivity contribution in [3.05, 3.63) is 26.8 Å². The summed E-state index contributed by atoms with van der Waals surface area (Å²) in [6.07, 6.45) is -1.69. The summed E-state index contributed by atoms with van der Waals surface area (Å²) in [6, 6.07) is 0. The van der Waals surface area contributed by atoms with Crippen molar-refractivity contribution in [1.29, 1.82) is 0 Å². The first-order valence-corrected chi connectivity index (χ1v) is 4.46. The summed E-state index contributed by atoms with van der Waals surface area (Å²) in [7, 11) is 0. The molecule has 6 heteroatoms. The molecule has 2 N–H and O–H groups in total. The van der Waals surface area contributed by atoms with Gasteiger partial charge in [-0.05, 0) is 28.2 Å². The van der Waals surface area contributed by atoms with E-state index in [4.69, 9.17) is 5.73 Å². The molecule has 0 unspecified atom stereocenters. The Hall–Kier alpha value is -0.370. The molecule has 1 aromatic rings. The molecule has 13 heavy (non-hydrogen) atoms. The Morgan fingerprint density at radius 3 is 2.54 bits per heavy atom. The van der Waals surface area contributed by atoms with Gasteiger partial charge in [-0.25, -0.2) is 13.8 Å². The van der Waals surface area contributed by atoms with Crippen molar-refractivity contribution >= 4 is 22.6 Å². The van der Waals surface area contributed by atoms with Crippen LogP contribution in [-0.4, -0.2) is 4.98 Å². The molecule has 0 amide bonds. The van der Waals surface area contributed by atoms with Gasteiger partial charge in [0, 0.05) is 16.3 Å². The smallest absolute Gasteiger partial charge is 0.268 e. The minimum atomic E-state index is -2.87. The van der Waals surface area contributed by atoms with Crippen molar-refractivity contribution in [2.24, 2.45) is 5.73 Å². The fraction of sp³-hybridized carbons (Fsp3) is 0.286. The number of nitrogens with two attached hydrogens (primary N) is 1. The molecule has 0 aliphatic heterocycles. The van der Waals surface area contributed by atoms with Crippen LogP contribution in [0.1, 0.15) is 17.6 Å². The zero-order valence-corrected chi connectivity index (χ0v) is 8.56. The minimum Gasteiger partial charge on any atom is -0.326 e. The van der Waals surface area contributed by atoms with Gasteiger partial charge in [0.05, 0.1) is 5.56 Å². The summed E-state index contributed by atoms with van der Waals surface area (Å²) in [5.74, 6) is -1.14. The largest absolute Gasteiger partial charge is 0.326 e. The Morgan fingerprint density at radius 2 is 2.15 bits per heavy atom. The Morgan fingerprint density at radius 1 is 1.54 bits per heavy atom. The third-order valence-electron chi connectivity index (χ3n) is 1.55. The average molecular weight is 302 g/mol. The van der Waals surface area contributed by atoms with Crippen molar-refractivity contribution in [1.82, 2.24) is 4.98 Å². The molecule has 1 rings (SSSR count). The fourth-order valence-electron chi connectivity index (χ4n) is 0.943. The molecule has 72 valence electrons. The van der Waals surface area contributed by atoms with Crippen LogP contribution in [-0.2, 0) is 6.54 Å². The van der Waals surface area contributed by atoms with Gasteiger partial charge in [0.1, 0.15) is 0 Å². The number of aromatic nitrogens is 1. The van der Waals surface area contributed by atoms with Gasteiger partial charge in [-0.15, -0.1) is 0 Å². The van der Waals surface area contributed by atoms with Crippen molar-refractivity contribution in [2.75, 3.05) is 0 Å². The number of rotatable bonds is 2. The Balaban J connectivity index is 3.35. The molecular weight excluding hydrogens is 296 g/mol. The van der Waals surface area contributed by atoms with E-state index >= 15 is 0 Å². The molecular formula is C7H6F3IN2. The number of hydrogen-bond donors (Lipinski definition) is 1. The molecule has 1 aromatic heterocycles. The first-order chi connectivity index (χ1) is 6.07. The lowest BCUT2D eigenvalue weighted by atomic mass is 10.1. The normalized spacial score (nSPS) is 10.9. The monoisotopic (exact) mass is 302 g/mol. The minimum absolute atomic E-state index is 0.114. The van der Waals surface area contributed by atoms with E-state index < -0.39 is 17.9 Å². The van der Waals surface area contributed by atoms with Crippen molar-refractivity contribution in [3.63, 3.8) is 0 Å². The average Bonchev–Trinajstić information content (AvgIpc) is 2.07. The Bertz CT molecular complexity index is 317. The zero-order valence-electron chi connectivity index (χ0n) is 6.40. The van der Waals surface area contributed by atoms with E-state index in [1.165, 1.54) is 6.20 Å². The third-order valence-corrected chi connectivity index (χ3v) is 2.48. The van der Waals surface area contributed by atoms with E-state index in [9.17, 15) is 13.2 Å². The third kappa shape index (κ3) is 2.11. The van der Waals surface area contributed by atoms with E-state index in [0.29, 0.717) is 3.57 Å². The van der Waals surface area contributed by atoms with Crippen LogP contribution in [0.25, 0.3) is 0 Å². The summed E-state index contributed by atoms with van der Waals surface area (Å²) in [6.45, 7) is -0.114. The van der Waals surface area contributed by atoms with Gasteiger partial charge in [0.2, 0.25) is 5.95 Å². The maximum absolute atomic E-state index is 12.8.